The molecule has 0 fully saturated rings. The fourth-order valence-corrected chi connectivity index (χ4v) is 2.71. The normalized spacial score (nSPS) is 10.2. The molecule has 0 amide bonds. The minimum Gasteiger partial charge on any atom is -0.496 e. The van der Waals surface area contributed by atoms with Crippen LogP contribution in [0.2, 0.25) is 0 Å². The number of aryl methyl sites for hydroxylation is 1. The average Bonchev–Trinajstić information content (AvgIpc) is 2.61. The molecule has 0 saturated heterocycles. The summed E-state index contributed by atoms with van der Waals surface area (Å²) < 4.78 is 5.43. The van der Waals surface area contributed by atoms with Gasteiger partial charge in [-0.1, -0.05) is 42.0 Å². The van der Waals surface area contributed by atoms with Crippen molar-refractivity contribution in [3.63, 3.8) is 0 Å². The van der Waals surface area contributed by atoms with Gasteiger partial charge in [-0.15, -0.1) is 0 Å². The molecule has 0 atom stereocenters. The van der Waals surface area contributed by atoms with Crippen LogP contribution in [0.3, 0.4) is 0 Å². The molecule has 3 rings (SSSR count). The van der Waals surface area contributed by atoms with Gasteiger partial charge in [-0.3, -0.25) is 0 Å². The number of nitrogens with two attached hydrogens (primary N) is 1. The molecule has 4 heteroatoms. The number of nitrogens with zero attached hydrogens (tertiary/aromatic N) is 2. The van der Waals surface area contributed by atoms with E-state index in [2.05, 4.69) is 11.1 Å². The van der Waals surface area contributed by atoms with Crippen LogP contribution in [0.5, 0.6) is 5.75 Å². The number of ether oxygens (including phenoxy) is 1. The maximum Gasteiger partial charge on any atom is 0.142 e. The molecule has 0 bridgehead atoms. The number of para-hydroxylation sites is 1. The predicted octanol–water partition coefficient (Wildman–Crippen LogP) is 4.19. The first-order chi connectivity index (χ1) is 11.6. The zero-order chi connectivity index (χ0) is 17.1. The molecule has 0 saturated carbocycles. The second kappa shape index (κ2) is 6.43. The van der Waals surface area contributed by atoms with Gasteiger partial charge in [0, 0.05) is 16.7 Å². The zero-order valence-electron chi connectivity index (χ0n) is 13.6. The number of methoxy groups -OCH3 is 1. The molecule has 24 heavy (non-hydrogen) atoms. The first-order valence-corrected chi connectivity index (χ1v) is 7.55. The lowest BCUT2D eigenvalue weighted by Gasteiger charge is -2.13. The van der Waals surface area contributed by atoms with Crippen LogP contribution in [0.1, 0.15) is 11.1 Å². The van der Waals surface area contributed by atoms with E-state index >= 15 is 0 Å². The summed E-state index contributed by atoms with van der Waals surface area (Å²) in [5, 5.41) is 9.52. The Morgan fingerprint density at radius 3 is 2.54 bits per heavy atom. The summed E-state index contributed by atoms with van der Waals surface area (Å²) in [7, 11) is 1.61. The Kier molecular flexibility index (Phi) is 4.17. The van der Waals surface area contributed by atoms with E-state index in [4.69, 9.17) is 10.5 Å². The summed E-state index contributed by atoms with van der Waals surface area (Å²) in [6.45, 7) is 2.03. The van der Waals surface area contributed by atoms with Crippen molar-refractivity contribution in [3.05, 3.63) is 65.7 Å². The molecule has 118 valence electrons. The lowest BCUT2D eigenvalue weighted by molar-refractivity contribution is 0.416. The fraction of sp³-hybridized carbons (Fsp3) is 0.100. The number of aromatic nitrogens is 1. The highest BCUT2D eigenvalue weighted by molar-refractivity contribution is 5.83. The quantitative estimate of drug-likeness (QED) is 0.786. The average molecular weight is 315 g/mol. The third-order valence-electron chi connectivity index (χ3n) is 3.87. The molecule has 4 nitrogen and oxygen atoms in total. The highest BCUT2D eigenvalue weighted by Crippen LogP contribution is 2.36. The number of pyridine rings is 1. The number of benzene rings is 2. The largest absolute Gasteiger partial charge is 0.496 e. The molecule has 0 aliphatic carbocycles. The van der Waals surface area contributed by atoms with Crippen LogP contribution in [0.15, 0.2) is 54.6 Å². The SMILES string of the molecule is COc1ccccc1-c1cc(-c2cccc(C)c2)nc(N)c1C#N. The van der Waals surface area contributed by atoms with E-state index in [9.17, 15) is 5.26 Å². The second-order valence-corrected chi connectivity index (χ2v) is 5.50. The van der Waals surface area contributed by atoms with E-state index in [1.165, 1.54) is 0 Å². The second-order valence-electron chi connectivity index (χ2n) is 5.50. The summed E-state index contributed by atoms with van der Waals surface area (Å²) in [5.74, 6) is 0.909. The van der Waals surface area contributed by atoms with Gasteiger partial charge in [-0.2, -0.15) is 5.26 Å². The van der Waals surface area contributed by atoms with Crippen molar-refractivity contribution in [1.29, 1.82) is 5.26 Å². The molecule has 0 unspecified atom stereocenters. The van der Waals surface area contributed by atoms with Crippen molar-refractivity contribution in [1.82, 2.24) is 4.98 Å². The Morgan fingerprint density at radius 2 is 1.83 bits per heavy atom. The van der Waals surface area contributed by atoms with Crippen LogP contribution in [0, 0.1) is 18.3 Å². The van der Waals surface area contributed by atoms with Gasteiger partial charge in [0.2, 0.25) is 0 Å². The van der Waals surface area contributed by atoms with Gasteiger partial charge in [-0.05, 0) is 25.1 Å². The summed E-state index contributed by atoms with van der Waals surface area (Å²) in [6.07, 6.45) is 0. The molecule has 1 aromatic heterocycles. The summed E-state index contributed by atoms with van der Waals surface area (Å²) >= 11 is 0. The van der Waals surface area contributed by atoms with E-state index in [1.54, 1.807) is 7.11 Å². The molecular formula is C20H17N3O. The van der Waals surface area contributed by atoms with E-state index in [0.29, 0.717) is 11.3 Å². The summed E-state index contributed by atoms with van der Waals surface area (Å²) in [5.41, 5.74) is 10.8. The lowest BCUT2D eigenvalue weighted by atomic mass is 9.97. The maximum absolute atomic E-state index is 9.52. The Hall–Kier alpha value is -3.32. The van der Waals surface area contributed by atoms with Crippen LogP contribution in [0.25, 0.3) is 22.4 Å². The van der Waals surface area contributed by atoms with Crippen LogP contribution >= 0.6 is 0 Å². The Labute approximate surface area is 141 Å². The highest BCUT2D eigenvalue weighted by Gasteiger charge is 2.16. The van der Waals surface area contributed by atoms with Crippen molar-refractivity contribution >= 4 is 5.82 Å². The van der Waals surface area contributed by atoms with Gasteiger partial charge in [0.15, 0.2) is 0 Å². The smallest absolute Gasteiger partial charge is 0.142 e. The predicted molar refractivity (Wildman–Crippen MR) is 95.5 cm³/mol. The highest BCUT2D eigenvalue weighted by atomic mass is 16.5. The number of nitriles is 1. The van der Waals surface area contributed by atoms with Gasteiger partial charge >= 0.3 is 0 Å². The van der Waals surface area contributed by atoms with Crippen molar-refractivity contribution < 1.29 is 4.74 Å². The zero-order valence-corrected chi connectivity index (χ0v) is 13.6. The van der Waals surface area contributed by atoms with Gasteiger partial charge in [0.25, 0.3) is 0 Å². The Morgan fingerprint density at radius 1 is 1.04 bits per heavy atom. The molecule has 1 heterocycles. The maximum atomic E-state index is 9.52. The third-order valence-corrected chi connectivity index (χ3v) is 3.87. The molecule has 0 aliphatic rings. The topological polar surface area (TPSA) is 71.9 Å². The Balaban J connectivity index is 2.27. The standard InChI is InChI=1S/C20H17N3O/c1-13-6-5-7-14(10-13)18-11-16(17(12-21)20(22)23-18)15-8-3-4-9-19(15)24-2/h3-11H,1-2H3,(H2,22,23). The first kappa shape index (κ1) is 15.6. The van der Waals surface area contributed by atoms with E-state index in [1.807, 2.05) is 61.5 Å². The first-order valence-electron chi connectivity index (χ1n) is 7.55. The molecule has 3 aromatic rings. The van der Waals surface area contributed by atoms with Gasteiger partial charge in [0.05, 0.1) is 12.8 Å². The van der Waals surface area contributed by atoms with E-state index in [0.717, 1.165) is 27.9 Å². The summed E-state index contributed by atoms with van der Waals surface area (Å²) in [4.78, 5) is 4.41. The number of nitrogen functional groups attached to an aromatic ring is 1. The van der Waals surface area contributed by atoms with Crippen LogP contribution in [-0.2, 0) is 0 Å². The van der Waals surface area contributed by atoms with E-state index < -0.39 is 0 Å². The Bertz CT molecular complexity index is 942. The van der Waals surface area contributed by atoms with Crippen LogP contribution in [-0.4, -0.2) is 12.1 Å². The van der Waals surface area contributed by atoms with Crippen molar-refractivity contribution in [2.45, 2.75) is 6.92 Å². The van der Waals surface area contributed by atoms with E-state index in [-0.39, 0.29) is 5.82 Å². The van der Waals surface area contributed by atoms with Crippen LogP contribution < -0.4 is 10.5 Å². The van der Waals surface area contributed by atoms with Gasteiger partial charge < -0.3 is 10.5 Å². The van der Waals surface area contributed by atoms with Crippen molar-refractivity contribution in [2.75, 3.05) is 12.8 Å². The fourth-order valence-electron chi connectivity index (χ4n) is 2.71. The molecule has 0 aliphatic heterocycles. The summed E-state index contributed by atoms with van der Waals surface area (Å²) in [6, 6.07) is 19.6. The van der Waals surface area contributed by atoms with Gasteiger partial charge in [0.1, 0.15) is 23.2 Å². The molecule has 2 N–H and O–H groups in total. The molecular weight excluding hydrogens is 298 g/mol. The van der Waals surface area contributed by atoms with Crippen molar-refractivity contribution in [3.8, 4) is 34.2 Å². The van der Waals surface area contributed by atoms with Gasteiger partial charge in [-0.25, -0.2) is 4.98 Å². The number of rotatable bonds is 3. The molecule has 2 aromatic carbocycles. The van der Waals surface area contributed by atoms with Crippen LogP contribution in [0.4, 0.5) is 5.82 Å². The third kappa shape index (κ3) is 2.80. The monoisotopic (exact) mass is 315 g/mol. The minimum atomic E-state index is 0.220. The van der Waals surface area contributed by atoms with Crippen molar-refractivity contribution in [2.24, 2.45) is 0 Å². The number of anilines is 1. The minimum absolute atomic E-state index is 0.220. The number of hydrogen-bond donors (Lipinski definition) is 1. The molecule has 0 spiro atoms. The lowest BCUT2D eigenvalue weighted by Crippen LogP contribution is -2.00. The molecule has 0 radical (unpaired) electrons. The number of hydrogen-bond acceptors (Lipinski definition) is 4.